The van der Waals surface area contributed by atoms with Crippen molar-refractivity contribution < 1.29 is 4.74 Å². The molecule has 2 N–H and O–H groups in total. The van der Waals surface area contributed by atoms with Crippen molar-refractivity contribution in [3.05, 3.63) is 53.3 Å². The molecule has 0 saturated heterocycles. The zero-order chi connectivity index (χ0) is 18.1. The first-order valence-electron chi connectivity index (χ1n) is 9.05. The van der Waals surface area contributed by atoms with Crippen molar-refractivity contribution >= 4 is 0 Å². The quantitative estimate of drug-likeness (QED) is 0.860. The summed E-state index contributed by atoms with van der Waals surface area (Å²) < 4.78 is 5.63. The van der Waals surface area contributed by atoms with Crippen LogP contribution in [0, 0.1) is 11.8 Å². The van der Waals surface area contributed by atoms with Crippen LogP contribution in [-0.4, -0.2) is 22.6 Å². The number of ether oxygens (including phenoxy) is 1. The summed E-state index contributed by atoms with van der Waals surface area (Å²) in [5, 5.41) is 0. The third-order valence-electron chi connectivity index (χ3n) is 4.14. The zero-order valence-corrected chi connectivity index (χ0v) is 15.3. The van der Waals surface area contributed by atoms with E-state index in [1.54, 1.807) is 12.4 Å². The summed E-state index contributed by atoms with van der Waals surface area (Å²) in [5.74, 6) is 6.57. The summed E-state index contributed by atoms with van der Waals surface area (Å²) in [6.07, 6.45) is 7.14. The second-order valence-corrected chi connectivity index (χ2v) is 5.93. The molecule has 4 nitrogen and oxygen atoms in total. The fraction of sp³-hybridized carbons (Fsp3) is 0.429. The molecule has 1 heterocycles. The molecule has 0 bridgehead atoms. The predicted molar refractivity (Wildman–Crippen MR) is 102 cm³/mol. The van der Waals surface area contributed by atoms with E-state index in [1.165, 1.54) is 12.0 Å². The van der Waals surface area contributed by atoms with Gasteiger partial charge in [0.05, 0.1) is 5.56 Å². The van der Waals surface area contributed by atoms with Gasteiger partial charge in [-0.15, -0.1) is 0 Å². The van der Waals surface area contributed by atoms with Crippen LogP contribution in [0.5, 0.6) is 6.01 Å². The Labute approximate surface area is 150 Å². The van der Waals surface area contributed by atoms with Gasteiger partial charge in [-0.2, -0.15) is 0 Å². The van der Waals surface area contributed by atoms with E-state index < -0.39 is 0 Å². The van der Waals surface area contributed by atoms with Gasteiger partial charge in [0.15, 0.2) is 0 Å². The smallest absolute Gasteiger partial charge is 0.316 e. The topological polar surface area (TPSA) is 61.0 Å². The maximum Gasteiger partial charge on any atom is 0.316 e. The van der Waals surface area contributed by atoms with Gasteiger partial charge in [-0.25, -0.2) is 9.97 Å². The van der Waals surface area contributed by atoms with Gasteiger partial charge in [0, 0.05) is 18.0 Å². The Hall–Kier alpha value is -2.38. The van der Waals surface area contributed by atoms with Crippen molar-refractivity contribution in [2.45, 2.75) is 52.1 Å². The highest BCUT2D eigenvalue weighted by Gasteiger charge is 2.19. The highest BCUT2D eigenvalue weighted by atomic mass is 16.5. The fourth-order valence-electron chi connectivity index (χ4n) is 2.25. The van der Waals surface area contributed by atoms with Gasteiger partial charge in [-0.05, 0) is 49.4 Å². The van der Waals surface area contributed by atoms with Crippen LogP contribution in [0.4, 0.5) is 0 Å². The van der Waals surface area contributed by atoms with Crippen molar-refractivity contribution in [1.29, 1.82) is 0 Å². The Morgan fingerprint density at radius 3 is 2.20 bits per heavy atom. The van der Waals surface area contributed by atoms with Crippen molar-refractivity contribution in [1.82, 2.24) is 9.97 Å². The molecule has 0 amide bonds. The van der Waals surface area contributed by atoms with Gasteiger partial charge in [0.1, 0.15) is 6.10 Å². The molecule has 0 spiro atoms. The zero-order valence-electron chi connectivity index (χ0n) is 15.3. The van der Waals surface area contributed by atoms with E-state index in [0.29, 0.717) is 24.6 Å². The second-order valence-electron chi connectivity index (χ2n) is 5.93. The minimum atomic E-state index is 0.293. The summed E-state index contributed by atoms with van der Waals surface area (Å²) in [6.45, 7) is 6.77. The van der Waals surface area contributed by atoms with Crippen LogP contribution in [0.3, 0.4) is 0 Å². The van der Waals surface area contributed by atoms with Crippen LogP contribution in [-0.2, 0) is 0 Å². The number of benzene rings is 1. The molecule has 132 valence electrons. The number of hydrogen-bond donors (Lipinski definition) is 1. The van der Waals surface area contributed by atoms with Gasteiger partial charge in [0.2, 0.25) is 0 Å². The molecule has 1 aliphatic rings. The first kappa shape index (κ1) is 19.0. The van der Waals surface area contributed by atoms with Gasteiger partial charge >= 0.3 is 6.01 Å². The van der Waals surface area contributed by atoms with Crippen molar-refractivity contribution in [3.8, 4) is 17.9 Å². The number of aromatic nitrogens is 2. The SMILES string of the molecule is CC.CC(CN)c1ccc(C#Cc2cnc(OC3CCC3)nc2)cc1. The number of nitrogens with two attached hydrogens (primary N) is 1. The number of rotatable bonds is 4. The summed E-state index contributed by atoms with van der Waals surface area (Å²) in [7, 11) is 0. The van der Waals surface area contributed by atoms with Crippen molar-refractivity contribution in [3.63, 3.8) is 0 Å². The van der Waals surface area contributed by atoms with Crippen molar-refractivity contribution in [2.75, 3.05) is 6.54 Å². The molecular formula is C21H27N3O. The van der Waals surface area contributed by atoms with Gasteiger partial charge in [0.25, 0.3) is 0 Å². The molecule has 3 rings (SSSR count). The van der Waals surface area contributed by atoms with E-state index >= 15 is 0 Å². The van der Waals surface area contributed by atoms with Crippen LogP contribution in [0.2, 0.25) is 0 Å². The Bertz CT molecular complexity index is 695. The summed E-state index contributed by atoms with van der Waals surface area (Å²) in [4.78, 5) is 8.42. The lowest BCUT2D eigenvalue weighted by Gasteiger charge is -2.24. The highest BCUT2D eigenvalue weighted by Crippen LogP contribution is 2.22. The summed E-state index contributed by atoms with van der Waals surface area (Å²) in [6, 6.07) is 8.63. The molecule has 0 radical (unpaired) electrons. The first-order valence-corrected chi connectivity index (χ1v) is 9.05. The molecule has 0 aliphatic heterocycles. The molecule has 1 atom stereocenters. The molecule has 1 fully saturated rings. The molecule has 1 aromatic heterocycles. The van der Waals surface area contributed by atoms with Gasteiger partial charge in [-0.1, -0.05) is 44.7 Å². The summed E-state index contributed by atoms with van der Waals surface area (Å²) in [5.41, 5.74) is 8.66. The molecule has 2 aromatic rings. The van der Waals surface area contributed by atoms with E-state index in [2.05, 4.69) is 40.9 Å². The molecule has 1 saturated carbocycles. The predicted octanol–water partition coefficient (Wildman–Crippen LogP) is 3.90. The van der Waals surface area contributed by atoms with E-state index in [-0.39, 0.29) is 0 Å². The fourth-order valence-corrected chi connectivity index (χ4v) is 2.25. The van der Waals surface area contributed by atoms with E-state index in [4.69, 9.17) is 10.5 Å². The van der Waals surface area contributed by atoms with Crippen LogP contribution in [0.25, 0.3) is 0 Å². The molecule has 1 aliphatic carbocycles. The Morgan fingerprint density at radius 1 is 1.08 bits per heavy atom. The average Bonchev–Trinajstić information content (AvgIpc) is 2.65. The van der Waals surface area contributed by atoms with E-state index in [1.807, 2.05) is 26.0 Å². The third-order valence-corrected chi connectivity index (χ3v) is 4.14. The Balaban J connectivity index is 0.00000109. The molecule has 1 unspecified atom stereocenters. The van der Waals surface area contributed by atoms with Crippen LogP contribution in [0.1, 0.15) is 62.6 Å². The van der Waals surface area contributed by atoms with Gasteiger partial charge in [-0.3, -0.25) is 0 Å². The molecule has 25 heavy (non-hydrogen) atoms. The van der Waals surface area contributed by atoms with E-state index in [0.717, 1.165) is 24.0 Å². The Kier molecular flexibility index (Phi) is 7.43. The highest BCUT2D eigenvalue weighted by molar-refractivity contribution is 5.42. The maximum atomic E-state index is 5.68. The average molecular weight is 337 g/mol. The molecule has 1 aromatic carbocycles. The lowest BCUT2D eigenvalue weighted by molar-refractivity contribution is 0.108. The number of nitrogens with zero attached hydrogens (tertiary/aromatic N) is 2. The lowest BCUT2D eigenvalue weighted by atomic mass is 9.96. The second kappa shape index (κ2) is 9.80. The number of hydrogen-bond acceptors (Lipinski definition) is 4. The van der Waals surface area contributed by atoms with Crippen LogP contribution >= 0.6 is 0 Å². The summed E-state index contributed by atoms with van der Waals surface area (Å²) >= 11 is 0. The van der Waals surface area contributed by atoms with Gasteiger partial charge < -0.3 is 10.5 Å². The third kappa shape index (κ3) is 5.58. The van der Waals surface area contributed by atoms with E-state index in [9.17, 15) is 0 Å². The molecule has 4 heteroatoms. The Morgan fingerprint density at radius 2 is 1.68 bits per heavy atom. The monoisotopic (exact) mass is 337 g/mol. The molecular weight excluding hydrogens is 310 g/mol. The maximum absolute atomic E-state index is 5.68. The van der Waals surface area contributed by atoms with Crippen molar-refractivity contribution in [2.24, 2.45) is 5.73 Å². The van der Waals surface area contributed by atoms with Crippen LogP contribution in [0.15, 0.2) is 36.7 Å². The normalized spacial score (nSPS) is 14.2. The minimum Gasteiger partial charge on any atom is -0.460 e. The minimum absolute atomic E-state index is 0.293. The van der Waals surface area contributed by atoms with Crippen LogP contribution < -0.4 is 10.5 Å². The first-order chi connectivity index (χ1) is 12.2. The lowest BCUT2D eigenvalue weighted by Crippen LogP contribution is -2.25. The standard InChI is InChI=1S/C19H21N3O.C2H6/c1-14(11-20)17-9-7-15(8-10-17)5-6-16-12-21-19(22-13-16)23-18-3-2-4-18;1-2/h7-10,12-14,18H,2-4,11,20H2,1H3;1-2H3. The largest absolute Gasteiger partial charge is 0.460 e.